The van der Waals surface area contributed by atoms with Crippen molar-refractivity contribution >= 4 is 5.91 Å². The number of ether oxygens (including phenoxy) is 2. The highest BCUT2D eigenvalue weighted by molar-refractivity contribution is 5.81. The van der Waals surface area contributed by atoms with Gasteiger partial charge in [-0.2, -0.15) is 0 Å². The van der Waals surface area contributed by atoms with Crippen molar-refractivity contribution in [3.63, 3.8) is 0 Å². The lowest BCUT2D eigenvalue weighted by Gasteiger charge is -2.23. The number of amides is 1. The van der Waals surface area contributed by atoms with E-state index in [0.29, 0.717) is 11.5 Å². The van der Waals surface area contributed by atoms with Gasteiger partial charge >= 0.3 is 0 Å². The number of benzene rings is 1. The van der Waals surface area contributed by atoms with E-state index in [1.54, 1.807) is 21.0 Å². The molecule has 0 aliphatic carbocycles. The Labute approximate surface area is 114 Å². The van der Waals surface area contributed by atoms with Crippen LogP contribution in [0, 0.1) is 5.41 Å². The number of methoxy groups -OCH3 is 1. The van der Waals surface area contributed by atoms with E-state index in [9.17, 15) is 4.79 Å². The maximum absolute atomic E-state index is 11.6. The Balaban J connectivity index is 2.80. The normalized spacial score (nSPS) is 11.0. The minimum absolute atomic E-state index is 0.220. The monoisotopic (exact) mass is 266 g/mol. The molecule has 3 N–H and O–H groups in total. The number of carbonyl (C=O) groups excluding carboxylic acids is 1. The second-order valence-electron chi connectivity index (χ2n) is 4.98. The molecule has 0 heterocycles. The van der Waals surface area contributed by atoms with Crippen LogP contribution < -0.4 is 20.7 Å². The first-order chi connectivity index (χ1) is 8.94. The van der Waals surface area contributed by atoms with Gasteiger partial charge in [-0.3, -0.25) is 10.2 Å². The molecule has 19 heavy (non-hydrogen) atoms. The van der Waals surface area contributed by atoms with E-state index in [2.05, 4.69) is 12.3 Å². The van der Waals surface area contributed by atoms with Crippen LogP contribution in [0.25, 0.3) is 0 Å². The Kier molecular flexibility index (Phi) is 5.18. The topological polar surface area (TPSA) is 73.6 Å². The van der Waals surface area contributed by atoms with E-state index < -0.39 is 5.41 Å². The van der Waals surface area contributed by atoms with Crippen LogP contribution in [0.3, 0.4) is 0 Å². The highest BCUT2D eigenvalue weighted by atomic mass is 16.5. The van der Waals surface area contributed by atoms with Crippen LogP contribution in [0.15, 0.2) is 18.2 Å². The number of hydrogen-bond donors (Lipinski definition) is 2. The Bertz CT molecular complexity index is 444. The minimum Gasteiger partial charge on any atom is -0.493 e. The molecule has 0 aromatic heterocycles. The fraction of sp³-hybridized carbons (Fsp3) is 0.500. The Morgan fingerprint density at radius 1 is 1.37 bits per heavy atom. The lowest BCUT2D eigenvalue weighted by atomic mass is 9.94. The minimum atomic E-state index is -0.705. The van der Waals surface area contributed by atoms with Gasteiger partial charge in [0.1, 0.15) is 6.61 Å². The second kappa shape index (κ2) is 6.43. The number of rotatable bonds is 6. The quantitative estimate of drug-likeness (QED) is 0.466. The third-order valence-corrected chi connectivity index (χ3v) is 2.97. The molecule has 0 bridgehead atoms. The van der Waals surface area contributed by atoms with Crippen LogP contribution in [-0.4, -0.2) is 19.6 Å². The van der Waals surface area contributed by atoms with Gasteiger partial charge in [-0.05, 0) is 38.0 Å². The van der Waals surface area contributed by atoms with Gasteiger partial charge in [-0.15, -0.1) is 0 Å². The fourth-order valence-electron chi connectivity index (χ4n) is 1.57. The summed E-state index contributed by atoms with van der Waals surface area (Å²) in [4.78, 5) is 11.6. The predicted molar refractivity (Wildman–Crippen MR) is 74.0 cm³/mol. The predicted octanol–water partition coefficient (Wildman–Crippen LogP) is 1.65. The zero-order chi connectivity index (χ0) is 14.5. The van der Waals surface area contributed by atoms with E-state index in [4.69, 9.17) is 15.3 Å². The highest BCUT2D eigenvalue weighted by Crippen LogP contribution is 2.30. The molecule has 1 aromatic rings. The van der Waals surface area contributed by atoms with Gasteiger partial charge in [-0.1, -0.05) is 13.0 Å². The van der Waals surface area contributed by atoms with Crippen LogP contribution >= 0.6 is 0 Å². The number of hydrogen-bond acceptors (Lipinski definition) is 4. The van der Waals surface area contributed by atoms with Gasteiger partial charge in [-0.25, -0.2) is 5.84 Å². The molecule has 0 saturated carbocycles. The summed E-state index contributed by atoms with van der Waals surface area (Å²) in [5.41, 5.74) is 2.60. The highest BCUT2D eigenvalue weighted by Gasteiger charge is 2.28. The molecular weight excluding hydrogens is 244 g/mol. The molecule has 106 valence electrons. The molecule has 1 amide bonds. The van der Waals surface area contributed by atoms with Crippen LogP contribution in [0.4, 0.5) is 0 Å². The average molecular weight is 266 g/mol. The van der Waals surface area contributed by atoms with Gasteiger partial charge < -0.3 is 9.47 Å². The van der Waals surface area contributed by atoms with E-state index >= 15 is 0 Å². The summed E-state index contributed by atoms with van der Waals surface area (Å²) in [6, 6.07) is 5.77. The summed E-state index contributed by atoms with van der Waals surface area (Å²) in [7, 11) is 1.60. The lowest BCUT2D eigenvalue weighted by molar-refractivity contribution is -0.130. The van der Waals surface area contributed by atoms with E-state index in [1.807, 2.05) is 18.2 Å². The van der Waals surface area contributed by atoms with Gasteiger partial charge in [0.2, 0.25) is 5.91 Å². The maximum Gasteiger partial charge on any atom is 0.242 e. The fourth-order valence-corrected chi connectivity index (χ4v) is 1.57. The van der Waals surface area contributed by atoms with Gasteiger partial charge in [0, 0.05) is 0 Å². The van der Waals surface area contributed by atoms with Crippen LogP contribution in [0.1, 0.15) is 26.3 Å². The number of aryl methyl sites for hydroxylation is 1. The first-order valence-corrected chi connectivity index (χ1v) is 6.25. The van der Waals surface area contributed by atoms with Crippen molar-refractivity contribution in [3.05, 3.63) is 23.8 Å². The number of nitrogens with two attached hydrogens (primary N) is 1. The van der Waals surface area contributed by atoms with Crippen molar-refractivity contribution in [2.45, 2.75) is 27.2 Å². The molecular formula is C14H22N2O3. The van der Waals surface area contributed by atoms with Crippen molar-refractivity contribution < 1.29 is 14.3 Å². The van der Waals surface area contributed by atoms with Gasteiger partial charge in [0.25, 0.3) is 0 Å². The summed E-state index contributed by atoms with van der Waals surface area (Å²) in [5, 5.41) is 0. The molecule has 0 unspecified atom stereocenters. The standard InChI is InChI=1S/C14H22N2O3/c1-5-10-6-7-11(12(8-10)18-4)19-9-14(2,3)13(17)16-15/h6-8H,5,9,15H2,1-4H3,(H,16,17). The maximum atomic E-state index is 11.6. The van der Waals surface area contributed by atoms with Crippen LogP contribution in [0.2, 0.25) is 0 Å². The Morgan fingerprint density at radius 3 is 2.58 bits per heavy atom. The molecule has 5 heteroatoms. The molecule has 0 spiro atoms. The number of hydrazine groups is 1. The Morgan fingerprint density at radius 2 is 2.05 bits per heavy atom. The third-order valence-electron chi connectivity index (χ3n) is 2.97. The van der Waals surface area contributed by atoms with Crippen LogP contribution in [-0.2, 0) is 11.2 Å². The molecule has 1 rings (SSSR count). The smallest absolute Gasteiger partial charge is 0.242 e. The zero-order valence-electron chi connectivity index (χ0n) is 11.9. The molecule has 0 saturated heterocycles. The molecule has 1 aromatic carbocycles. The van der Waals surface area contributed by atoms with Crippen molar-refractivity contribution in [3.8, 4) is 11.5 Å². The molecule has 0 aliphatic rings. The van der Waals surface area contributed by atoms with Gasteiger partial charge in [0.15, 0.2) is 11.5 Å². The first kappa shape index (κ1) is 15.3. The molecule has 5 nitrogen and oxygen atoms in total. The van der Waals surface area contributed by atoms with Crippen LogP contribution in [0.5, 0.6) is 11.5 Å². The largest absolute Gasteiger partial charge is 0.493 e. The third kappa shape index (κ3) is 3.86. The zero-order valence-corrected chi connectivity index (χ0v) is 11.9. The summed E-state index contributed by atoms with van der Waals surface area (Å²) in [5.74, 6) is 6.17. The van der Waals surface area contributed by atoms with Crippen molar-refractivity contribution in [1.29, 1.82) is 0 Å². The van der Waals surface area contributed by atoms with E-state index in [0.717, 1.165) is 6.42 Å². The molecule has 0 fully saturated rings. The molecule has 0 aliphatic heterocycles. The average Bonchev–Trinajstić information content (AvgIpc) is 2.43. The number of carbonyl (C=O) groups is 1. The molecule has 0 radical (unpaired) electrons. The second-order valence-corrected chi connectivity index (χ2v) is 4.98. The van der Waals surface area contributed by atoms with E-state index in [1.165, 1.54) is 5.56 Å². The van der Waals surface area contributed by atoms with E-state index in [-0.39, 0.29) is 12.5 Å². The summed E-state index contributed by atoms with van der Waals surface area (Å²) in [6.45, 7) is 5.83. The summed E-state index contributed by atoms with van der Waals surface area (Å²) >= 11 is 0. The van der Waals surface area contributed by atoms with Crippen molar-refractivity contribution in [2.24, 2.45) is 11.3 Å². The SMILES string of the molecule is CCc1ccc(OCC(C)(C)C(=O)NN)c(OC)c1. The van der Waals surface area contributed by atoms with Crippen molar-refractivity contribution in [1.82, 2.24) is 5.43 Å². The first-order valence-electron chi connectivity index (χ1n) is 6.25. The van der Waals surface area contributed by atoms with Crippen molar-refractivity contribution in [2.75, 3.05) is 13.7 Å². The molecule has 0 atom stereocenters. The lowest BCUT2D eigenvalue weighted by Crippen LogP contribution is -2.44. The number of nitrogens with one attached hydrogen (secondary N) is 1. The summed E-state index contributed by atoms with van der Waals surface area (Å²) in [6.07, 6.45) is 0.928. The van der Waals surface area contributed by atoms with Gasteiger partial charge in [0.05, 0.1) is 12.5 Å². The summed E-state index contributed by atoms with van der Waals surface area (Å²) < 4.78 is 11.0. The Hall–Kier alpha value is -1.75.